The van der Waals surface area contributed by atoms with Gasteiger partial charge in [0.15, 0.2) is 0 Å². The van der Waals surface area contributed by atoms with E-state index in [1.807, 2.05) is 0 Å². The number of benzene rings is 2. The van der Waals surface area contributed by atoms with Gasteiger partial charge in [-0.15, -0.1) is 0 Å². The summed E-state index contributed by atoms with van der Waals surface area (Å²) in [7, 11) is 0. The molecule has 0 saturated carbocycles. The highest BCUT2D eigenvalue weighted by atomic mass is 19.1. The Hall–Kier alpha value is -2.43. The zero-order valence-corrected chi connectivity index (χ0v) is 9.86. The summed E-state index contributed by atoms with van der Waals surface area (Å²) in [5.74, 6) is -2.41. The molecule has 0 unspecified atom stereocenters. The van der Waals surface area contributed by atoms with Gasteiger partial charge in [0.2, 0.25) is 0 Å². The van der Waals surface area contributed by atoms with Crippen LogP contribution in [0.15, 0.2) is 42.5 Å². The minimum Gasteiger partial charge on any atom is -0.507 e. The monoisotopic (exact) mass is 263 g/mol. The normalized spacial score (nSPS) is 10.2. The van der Waals surface area contributed by atoms with E-state index in [0.29, 0.717) is 5.56 Å². The Morgan fingerprint density at radius 2 is 1.89 bits per heavy atom. The lowest BCUT2D eigenvalue weighted by Crippen LogP contribution is -2.24. The van der Waals surface area contributed by atoms with Gasteiger partial charge in [-0.1, -0.05) is 18.2 Å². The molecule has 0 bridgehead atoms. The predicted octanol–water partition coefficient (Wildman–Crippen LogP) is 2.60. The molecule has 5 heteroatoms. The molecular weight excluding hydrogens is 252 g/mol. The van der Waals surface area contributed by atoms with Gasteiger partial charge in [-0.3, -0.25) is 4.79 Å². The van der Waals surface area contributed by atoms with Crippen LogP contribution in [0.3, 0.4) is 0 Å². The summed E-state index contributed by atoms with van der Waals surface area (Å²) in [4.78, 5) is 11.7. The summed E-state index contributed by atoms with van der Waals surface area (Å²) in [6.07, 6.45) is 0. The number of phenols is 1. The molecule has 0 atom stereocenters. The van der Waals surface area contributed by atoms with Crippen molar-refractivity contribution < 1.29 is 18.7 Å². The van der Waals surface area contributed by atoms with E-state index in [9.17, 15) is 18.7 Å². The topological polar surface area (TPSA) is 49.3 Å². The smallest absolute Gasteiger partial charge is 0.258 e. The first-order valence-electron chi connectivity index (χ1n) is 5.58. The van der Waals surface area contributed by atoms with Crippen LogP contribution >= 0.6 is 0 Å². The molecule has 0 saturated heterocycles. The summed E-state index contributed by atoms with van der Waals surface area (Å²) in [5, 5.41) is 11.9. The molecule has 0 heterocycles. The van der Waals surface area contributed by atoms with E-state index in [-0.39, 0.29) is 6.54 Å². The Kier molecular flexibility index (Phi) is 3.75. The van der Waals surface area contributed by atoms with Crippen LogP contribution in [0, 0.1) is 11.6 Å². The average Bonchev–Trinajstić information content (AvgIpc) is 2.36. The molecule has 98 valence electrons. The number of hydrogen-bond donors (Lipinski definition) is 2. The van der Waals surface area contributed by atoms with Crippen LogP contribution in [0.2, 0.25) is 0 Å². The van der Waals surface area contributed by atoms with E-state index in [0.717, 1.165) is 6.07 Å². The van der Waals surface area contributed by atoms with Gasteiger partial charge in [0.1, 0.15) is 22.9 Å². The maximum absolute atomic E-state index is 13.4. The van der Waals surface area contributed by atoms with E-state index in [1.165, 1.54) is 30.3 Å². The SMILES string of the molecule is O=C(NCc1cccc(F)c1)c1c(O)cccc1F. The number of carbonyl (C=O) groups excluding carboxylic acids is 1. The number of phenolic OH excluding ortho intramolecular Hbond substituents is 1. The molecule has 1 amide bonds. The first kappa shape index (κ1) is 13.0. The van der Waals surface area contributed by atoms with E-state index >= 15 is 0 Å². The first-order chi connectivity index (χ1) is 9.08. The Bertz CT molecular complexity index is 594. The predicted molar refractivity (Wildman–Crippen MR) is 65.6 cm³/mol. The van der Waals surface area contributed by atoms with Crippen LogP contribution in [-0.2, 0) is 6.54 Å². The van der Waals surface area contributed by atoms with Crippen LogP contribution in [0.4, 0.5) is 8.78 Å². The van der Waals surface area contributed by atoms with Gasteiger partial charge in [-0.2, -0.15) is 0 Å². The van der Waals surface area contributed by atoms with Crippen LogP contribution in [0.25, 0.3) is 0 Å². The molecule has 0 spiro atoms. The van der Waals surface area contributed by atoms with Gasteiger partial charge >= 0.3 is 0 Å². The third-order valence-corrected chi connectivity index (χ3v) is 2.56. The molecule has 2 rings (SSSR count). The number of nitrogens with one attached hydrogen (secondary N) is 1. The highest BCUT2D eigenvalue weighted by Gasteiger charge is 2.15. The molecule has 0 aliphatic rings. The molecular formula is C14H11F2NO2. The van der Waals surface area contributed by atoms with Gasteiger partial charge < -0.3 is 10.4 Å². The summed E-state index contributed by atoms with van der Waals surface area (Å²) in [6.45, 7) is 0.0460. The molecule has 0 aliphatic heterocycles. The van der Waals surface area contributed by atoms with E-state index in [1.54, 1.807) is 6.07 Å². The number of carbonyl (C=O) groups is 1. The Morgan fingerprint density at radius 3 is 2.58 bits per heavy atom. The van der Waals surface area contributed by atoms with Gasteiger partial charge in [0.05, 0.1) is 0 Å². The summed E-state index contributed by atoms with van der Waals surface area (Å²) in [5.41, 5.74) is 0.128. The van der Waals surface area contributed by atoms with Crippen molar-refractivity contribution in [1.29, 1.82) is 0 Å². The fourth-order valence-electron chi connectivity index (χ4n) is 1.66. The molecule has 0 radical (unpaired) electrons. The van der Waals surface area contributed by atoms with Crippen LogP contribution < -0.4 is 5.32 Å². The molecule has 2 aromatic rings. The van der Waals surface area contributed by atoms with Crippen molar-refractivity contribution in [2.75, 3.05) is 0 Å². The Balaban J connectivity index is 2.10. The molecule has 3 nitrogen and oxygen atoms in total. The number of amides is 1. The zero-order valence-electron chi connectivity index (χ0n) is 9.86. The second-order valence-electron chi connectivity index (χ2n) is 3.95. The van der Waals surface area contributed by atoms with Crippen molar-refractivity contribution in [3.8, 4) is 5.75 Å². The minimum absolute atomic E-state index is 0.0460. The zero-order chi connectivity index (χ0) is 13.8. The van der Waals surface area contributed by atoms with Gasteiger partial charge in [-0.05, 0) is 29.8 Å². The summed E-state index contributed by atoms with van der Waals surface area (Å²) in [6, 6.07) is 9.29. The third kappa shape index (κ3) is 3.07. The fourth-order valence-corrected chi connectivity index (χ4v) is 1.66. The van der Waals surface area contributed by atoms with Crippen molar-refractivity contribution in [2.45, 2.75) is 6.54 Å². The lowest BCUT2D eigenvalue weighted by Gasteiger charge is -2.07. The van der Waals surface area contributed by atoms with E-state index in [2.05, 4.69) is 5.32 Å². The lowest BCUT2D eigenvalue weighted by molar-refractivity contribution is 0.0944. The van der Waals surface area contributed by atoms with Crippen molar-refractivity contribution in [1.82, 2.24) is 5.32 Å². The van der Waals surface area contributed by atoms with Gasteiger partial charge in [0, 0.05) is 6.54 Å². The van der Waals surface area contributed by atoms with Crippen LogP contribution in [0.5, 0.6) is 5.75 Å². The Morgan fingerprint density at radius 1 is 1.16 bits per heavy atom. The third-order valence-electron chi connectivity index (χ3n) is 2.56. The molecule has 2 N–H and O–H groups in total. The number of aromatic hydroxyl groups is 1. The maximum atomic E-state index is 13.4. The number of hydrogen-bond acceptors (Lipinski definition) is 2. The van der Waals surface area contributed by atoms with Crippen LogP contribution in [-0.4, -0.2) is 11.0 Å². The highest BCUT2D eigenvalue weighted by molar-refractivity contribution is 5.97. The molecule has 0 fully saturated rings. The average molecular weight is 263 g/mol. The van der Waals surface area contributed by atoms with Crippen molar-refractivity contribution in [3.63, 3.8) is 0 Å². The van der Waals surface area contributed by atoms with Crippen LogP contribution in [0.1, 0.15) is 15.9 Å². The Labute approximate surface area is 108 Å². The number of halogens is 2. The second kappa shape index (κ2) is 5.48. The number of rotatable bonds is 3. The van der Waals surface area contributed by atoms with Gasteiger partial charge in [-0.25, -0.2) is 8.78 Å². The van der Waals surface area contributed by atoms with E-state index in [4.69, 9.17) is 0 Å². The van der Waals surface area contributed by atoms with Crippen molar-refractivity contribution in [2.24, 2.45) is 0 Å². The molecule has 0 aliphatic carbocycles. The van der Waals surface area contributed by atoms with Crippen molar-refractivity contribution >= 4 is 5.91 Å². The highest BCUT2D eigenvalue weighted by Crippen LogP contribution is 2.19. The summed E-state index contributed by atoms with van der Waals surface area (Å²) < 4.78 is 26.3. The molecule has 19 heavy (non-hydrogen) atoms. The second-order valence-corrected chi connectivity index (χ2v) is 3.95. The minimum atomic E-state index is -0.809. The summed E-state index contributed by atoms with van der Waals surface area (Å²) >= 11 is 0. The largest absolute Gasteiger partial charge is 0.507 e. The van der Waals surface area contributed by atoms with Crippen molar-refractivity contribution in [3.05, 3.63) is 65.2 Å². The maximum Gasteiger partial charge on any atom is 0.258 e. The molecule has 2 aromatic carbocycles. The quantitative estimate of drug-likeness (QED) is 0.894. The fraction of sp³-hybridized carbons (Fsp3) is 0.0714. The van der Waals surface area contributed by atoms with E-state index < -0.39 is 28.9 Å². The standard InChI is InChI=1S/C14H11F2NO2/c15-10-4-1-3-9(7-10)8-17-14(19)13-11(16)5-2-6-12(13)18/h1-7,18H,8H2,(H,17,19). The first-order valence-corrected chi connectivity index (χ1v) is 5.58. The molecule has 0 aromatic heterocycles. The van der Waals surface area contributed by atoms with Gasteiger partial charge in [0.25, 0.3) is 5.91 Å². The lowest BCUT2D eigenvalue weighted by atomic mass is 10.1.